The largest absolute Gasteiger partial charge is 0.416 e. The number of hydrogen-bond donors (Lipinski definition) is 3. The summed E-state index contributed by atoms with van der Waals surface area (Å²) in [6.45, 7) is 2.25. The van der Waals surface area contributed by atoms with E-state index in [1.807, 2.05) is 0 Å². The van der Waals surface area contributed by atoms with Crippen LogP contribution in [0.3, 0.4) is 0 Å². The maximum absolute atomic E-state index is 15.4. The van der Waals surface area contributed by atoms with E-state index in [4.69, 9.17) is 0 Å². The number of alkyl halides is 4. The van der Waals surface area contributed by atoms with Crippen LogP contribution in [-0.2, 0) is 14.4 Å². The van der Waals surface area contributed by atoms with Gasteiger partial charge in [-0.2, -0.15) is 13.2 Å². The fraction of sp³-hybridized carbons (Fsp3) is 0.375. The number of likely N-dealkylation sites (N-methyl/N-ethyl adjacent to an activating group) is 1. The van der Waals surface area contributed by atoms with E-state index in [0.717, 1.165) is 13.8 Å². The standard InChI is InChI=1S/C24H25F4N3O4/c1-22(2,19(33)24(26,27)28)30-21(35)23(3,25)20(34)29-17-15-11-6-5-9-13(15)14-10-7-8-12-16(14)31(4)18(17)32/h5-12,17,19,33H,1-4H3,(H,29,34)(H,30,35). The van der Waals surface area contributed by atoms with Crippen LogP contribution in [0, 0.1) is 0 Å². The molecule has 0 aromatic heterocycles. The Kier molecular flexibility index (Phi) is 6.69. The molecule has 0 spiro atoms. The first-order chi connectivity index (χ1) is 16.1. The number of carbonyl (C=O) groups excluding carboxylic acids is 3. The zero-order valence-electron chi connectivity index (χ0n) is 19.4. The van der Waals surface area contributed by atoms with Crippen molar-refractivity contribution in [3.8, 4) is 11.1 Å². The number of halogens is 4. The molecule has 3 N–H and O–H groups in total. The van der Waals surface area contributed by atoms with Crippen molar-refractivity contribution < 1.29 is 37.1 Å². The van der Waals surface area contributed by atoms with E-state index in [9.17, 15) is 32.7 Å². The normalized spacial score (nSPS) is 18.5. The Hall–Kier alpha value is -3.47. The highest BCUT2D eigenvalue weighted by molar-refractivity contribution is 6.11. The van der Waals surface area contributed by atoms with Gasteiger partial charge in [0.25, 0.3) is 23.4 Å². The molecule has 0 radical (unpaired) electrons. The second kappa shape index (κ2) is 8.95. The fourth-order valence-corrected chi connectivity index (χ4v) is 3.83. The number of aliphatic hydroxyl groups is 1. The van der Waals surface area contributed by atoms with Crippen LogP contribution in [0.4, 0.5) is 23.2 Å². The van der Waals surface area contributed by atoms with E-state index < -0.39 is 47.3 Å². The van der Waals surface area contributed by atoms with Crippen LogP contribution in [0.15, 0.2) is 48.5 Å². The second-order valence-electron chi connectivity index (χ2n) is 9.03. The first-order valence-electron chi connectivity index (χ1n) is 10.6. The third-order valence-corrected chi connectivity index (χ3v) is 5.96. The van der Waals surface area contributed by atoms with Crippen LogP contribution in [0.2, 0.25) is 0 Å². The van der Waals surface area contributed by atoms with Gasteiger partial charge in [0.2, 0.25) is 0 Å². The number of aliphatic hydroxyl groups excluding tert-OH is 1. The number of para-hydroxylation sites is 1. The molecule has 3 unspecified atom stereocenters. The van der Waals surface area contributed by atoms with E-state index >= 15 is 4.39 Å². The van der Waals surface area contributed by atoms with Crippen molar-refractivity contribution in [3.63, 3.8) is 0 Å². The topological polar surface area (TPSA) is 98.7 Å². The summed E-state index contributed by atoms with van der Waals surface area (Å²) in [7, 11) is 1.48. The number of benzene rings is 2. The molecule has 0 fully saturated rings. The van der Waals surface area contributed by atoms with Crippen molar-refractivity contribution in [1.82, 2.24) is 10.6 Å². The minimum absolute atomic E-state index is 0.353. The van der Waals surface area contributed by atoms with Crippen molar-refractivity contribution in [1.29, 1.82) is 0 Å². The quantitative estimate of drug-likeness (QED) is 0.439. The highest BCUT2D eigenvalue weighted by atomic mass is 19.4. The van der Waals surface area contributed by atoms with Crippen molar-refractivity contribution >= 4 is 23.4 Å². The number of nitrogens with one attached hydrogen (secondary N) is 2. The molecule has 1 aliphatic rings. The lowest BCUT2D eigenvalue weighted by atomic mass is 9.93. The number of carbonyl (C=O) groups is 3. The smallest absolute Gasteiger partial charge is 0.382 e. The predicted octanol–water partition coefficient (Wildman–Crippen LogP) is 3.03. The van der Waals surface area contributed by atoms with E-state index in [1.165, 1.54) is 11.9 Å². The molecule has 35 heavy (non-hydrogen) atoms. The van der Waals surface area contributed by atoms with E-state index in [2.05, 4.69) is 5.32 Å². The summed E-state index contributed by atoms with van der Waals surface area (Å²) in [6.07, 6.45) is -8.11. The molecule has 0 saturated carbocycles. The lowest BCUT2D eigenvalue weighted by molar-refractivity contribution is -0.223. The van der Waals surface area contributed by atoms with Gasteiger partial charge in [-0.3, -0.25) is 14.4 Å². The molecule has 0 bridgehead atoms. The molecule has 188 valence electrons. The van der Waals surface area contributed by atoms with Gasteiger partial charge in [0.1, 0.15) is 6.04 Å². The van der Waals surface area contributed by atoms with Crippen LogP contribution in [0.25, 0.3) is 11.1 Å². The molecule has 0 saturated heterocycles. The average molecular weight is 495 g/mol. The number of fused-ring (bicyclic) bond motifs is 3. The van der Waals surface area contributed by atoms with Gasteiger partial charge in [-0.1, -0.05) is 42.5 Å². The molecule has 11 heteroatoms. The molecule has 3 atom stereocenters. The third-order valence-electron chi connectivity index (χ3n) is 5.96. The maximum atomic E-state index is 15.4. The van der Waals surface area contributed by atoms with Crippen molar-refractivity contribution in [2.24, 2.45) is 0 Å². The lowest BCUT2D eigenvalue weighted by Gasteiger charge is -2.34. The molecule has 1 aliphatic heterocycles. The van der Waals surface area contributed by atoms with Gasteiger partial charge in [0.15, 0.2) is 6.10 Å². The monoisotopic (exact) mass is 495 g/mol. The molecule has 7 nitrogen and oxygen atoms in total. The van der Waals surface area contributed by atoms with Crippen molar-refractivity contribution in [2.75, 3.05) is 11.9 Å². The Morgan fingerprint density at radius 2 is 1.49 bits per heavy atom. The van der Waals surface area contributed by atoms with Crippen LogP contribution in [0.5, 0.6) is 0 Å². The third kappa shape index (κ3) is 4.86. The van der Waals surface area contributed by atoms with Gasteiger partial charge in [-0.15, -0.1) is 0 Å². The number of anilines is 1. The fourth-order valence-electron chi connectivity index (χ4n) is 3.83. The van der Waals surface area contributed by atoms with Gasteiger partial charge >= 0.3 is 6.18 Å². The summed E-state index contributed by atoms with van der Waals surface area (Å²) < 4.78 is 54.1. The average Bonchev–Trinajstić information content (AvgIpc) is 2.87. The van der Waals surface area contributed by atoms with Crippen molar-refractivity contribution in [3.05, 3.63) is 54.1 Å². The minimum Gasteiger partial charge on any atom is -0.382 e. The Balaban J connectivity index is 1.91. The van der Waals surface area contributed by atoms with Crippen LogP contribution < -0.4 is 15.5 Å². The summed E-state index contributed by atoms with van der Waals surface area (Å²) in [5, 5.41) is 13.5. The van der Waals surface area contributed by atoms with E-state index in [0.29, 0.717) is 29.3 Å². The molecule has 2 aromatic carbocycles. The zero-order valence-corrected chi connectivity index (χ0v) is 19.4. The summed E-state index contributed by atoms with van der Waals surface area (Å²) in [5.41, 5.74) is -3.51. The first-order valence-corrected chi connectivity index (χ1v) is 10.6. The summed E-state index contributed by atoms with van der Waals surface area (Å²) in [5.74, 6) is -3.84. The number of amides is 3. The van der Waals surface area contributed by atoms with Crippen molar-refractivity contribution in [2.45, 2.75) is 50.3 Å². The molecular formula is C24H25F4N3O4. The summed E-state index contributed by atoms with van der Waals surface area (Å²) in [6, 6.07) is 12.3. The molecule has 2 aromatic rings. The van der Waals surface area contributed by atoms with Crippen LogP contribution in [-0.4, -0.2) is 53.4 Å². The molecule has 0 aliphatic carbocycles. The van der Waals surface area contributed by atoms with Gasteiger partial charge in [0, 0.05) is 12.6 Å². The van der Waals surface area contributed by atoms with Crippen LogP contribution >= 0.6 is 0 Å². The molecule has 1 heterocycles. The summed E-state index contributed by atoms with van der Waals surface area (Å²) in [4.78, 5) is 39.9. The SMILES string of the molecule is CN1C(=O)C(NC(=O)C(C)(F)C(=O)NC(C)(C)C(O)C(F)(F)F)c2ccccc2-c2ccccc21. The highest BCUT2D eigenvalue weighted by Crippen LogP contribution is 2.39. The summed E-state index contributed by atoms with van der Waals surface area (Å²) >= 11 is 0. The lowest BCUT2D eigenvalue weighted by Crippen LogP contribution is -2.63. The molecular weight excluding hydrogens is 470 g/mol. The maximum Gasteiger partial charge on any atom is 0.416 e. The van der Waals surface area contributed by atoms with Gasteiger partial charge in [0.05, 0.1) is 11.2 Å². The van der Waals surface area contributed by atoms with E-state index in [1.54, 1.807) is 53.8 Å². The number of hydrogen-bond acceptors (Lipinski definition) is 4. The van der Waals surface area contributed by atoms with Gasteiger partial charge in [-0.25, -0.2) is 4.39 Å². The number of nitrogens with zero attached hydrogens (tertiary/aromatic N) is 1. The molecule has 3 amide bonds. The Labute approximate surface area is 199 Å². The Morgan fingerprint density at radius 1 is 0.943 bits per heavy atom. The van der Waals surface area contributed by atoms with Gasteiger partial charge in [-0.05, 0) is 38.0 Å². The minimum atomic E-state index is -5.10. The Morgan fingerprint density at radius 3 is 2.09 bits per heavy atom. The van der Waals surface area contributed by atoms with Crippen LogP contribution in [0.1, 0.15) is 32.4 Å². The van der Waals surface area contributed by atoms with Gasteiger partial charge < -0.3 is 20.6 Å². The number of rotatable bonds is 5. The predicted molar refractivity (Wildman–Crippen MR) is 120 cm³/mol. The highest BCUT2D eigenvalue weighted by Gasteiger charge is 2.52. The first kappa shape index (κ1) is 26.1. The second-order valence-corrected chi connectivity index (χ2v) is 9.03. The Bertz CT molecular complexity index is 1160. The van der Waals surface area contributed by atoms with E-state index in [-0.39, 0.29) is 0 Å². The zero-order chi connectivity index (χ0) is 26.3. The molecule has 3 rings (SSSR count).